The number of aromatic nitrogens is 1. The lowest BCUT2D eigenvalue weighted by Crippen LogP contribution is -2.33. The summed E-state index contributed by atoms with van der Waals surface area (Å²) in [5.74, 6) is -0.797. The number of fused-ring (bicyclic) bond motifs is 3. The van der Waals surface area contributed by atoms with Gasteiger partial charge in [0.15, 0.2) is 0 Å². The van der Waals surface area contributed by atoms with Crippen molar-refractivity contribution in [1.29, 1.82) is 0 Å². The number of benzene rings is 1. The van der Waals surface area contributed by atoms with Crippen molar-refractivity contribution in [2.75, 3.05) is 6.54 Å². The van der Waals surface area contributed by atoms with E-state index in [2.05, 4.69) is 6.07 Å². The van der Waals surface area contributed by atoms with Crippen LogP contribution in [-0.4, -0.2) is 27.1 Å². The molecule has 1 atom stereocenters. The monoisotopic (exact) mass is 256 g/mol. The number of carboxylic acid groups (broad SMARTS) is 1. The molecule has 2 heterocycles. The molecule has 0 saturated heterocycles. The Balaban J connectivity index is 2.23. The first kappa shape index (κ1) is 12.0. The molecule has 98 valence electrons. The van der Waals surface area contributed by atoms with E-state index in [1.54, 1.807) is 0 Å². The van der Waals surface area contributed by atoms with Gasteiger partial charge in [-0.3, -0.25) is 9.69 Å². The Morgan fingerprint density at radius 2 is 2.11 bits per heavy atom. The average molecular weight is 256 g/mol. The zero-order valence-corrected chi connectivity index (χ0v) is 10.8. The normalized spacial score (nSPS) is 18.5. The Morgan fingerprint density at radius 1 is 1.32 bits per heavy atom. The van der Waals surface area contributed by atoms with Crippen LogP contribution >= 0.6 is 0 Å². The molecule has 1 N–H and O–H groups in total. The van der Waals surface area contributed by atoms with Crippen LogP contribution in [0.5, 0.6) is 0 Å². The van der Waals surface area contributed by atoms with Crippen LogP contribution < -0.4 is 0 Å². The molecule has 1 aromatic heterocycles. The van der Waals surface area contributed by atoms with E-state index in [0.29, 0.717) is 13.1 Å². The minimum absolute atomic E-state index is 0.590. The largest absolute Gasteiger partial charge is 0.480 e. The van der Waals surface area contributed by atoms with Gasteiger partial charge >= 0.3 is 5.97 Å². The summed E-state index contributed by atoms with van der Waals surface area (Å²) in [4.78, 5) is 13.6. The van der Waals surface area contributed by atoms with E-state index >= 15 is 0 Å². The Labute approximate surface area is 111 Å². The van der Waals surface area contributed by atoms with Crippen molar-refractivity contribution in [3.8, 4) is 5.69 Å². The molecule has 4 heteroatoms. The maximum Gasteiger partial charge on any atom is 0.327 e. The molecule has 1 aliphatic heterocycles. The summed E-state index contributed by atoms with van der Waals surface area (Å²) in [7, 11) is 0. The molecule has 0 spiro atoms. The third-order valence-electron chi connectivity index (χ3n) is 3.69. The van der Waals surface area contributed by atoms with Crippen LogP contribution in [0.2, 0.25) is 0 Å². The number of hydrogen-bond donors (Lipinski definition) is 1. The quantitative estimate of drug-likeness (QED) is 0.897. The number of likely N-dealkylation sites (N-methyl/N-ethyl adjacent to an activating group) is 1. The summed E-state index contributed by atoms with van der Waals surface area (Å²) in [6.07, 6.45) is 1.93. The lowest BCUT2D eigenvalue weighted by molar-refractivity contribution is -0.143. The lowest BCUT2D eigenvalue weighted by atomic mass is 10.1. The second-order valence-electron chi connectivity index (χ2n) is 4.74. The lowest BCUT2D eigenvalue weighted by Gasteiger charge is -2.25. The summed E-state index contributed by atoms with van der Waals surface area (Å²) >= 11 is 0. The van der Waals surface area contributed by atoms with Crippen LogP contribution in [0.15, 0.2) is 42.6 Å². The minimum Gasteiger partial charge on any atom is -0.480 e. The topological polar surface area (TPSA) is 45.5 Å². The van der Waals surface area contributed by atoms with Crippen molar-refractivity contribution in [2.45, 2.75) is 19.5 Å². The minimum atomic E-state index is -0.797. The number of para-hydroxylation sites is 1. The highest BCUT2D eigenvalue weighted by atomic mass is 16.4. The number of rotatable bonds is 2. The van der Waals surface area contributed by atoms with Crippen LogP contribution in [0, 0.1) is 0 Å². The molecule has 1 unspecified atom stereocenters. The second-order valence-corrected chi connectivity index (χ2v) is 4.74. The molecular formula is C15H16N2O2. The first-order chi connectivity index (χ1) is 9.22. The highest BCUT2D eigenvalue weighted by molar-refractivity contribution is 5.75. The van der Waals surface area contributed by atoms with E-state index in [1.807, 2.05) is 52.9 Å². The molecule has 0 fully saturated rings. The molecule has 4 nitrogen and oxygen atoms in total. The van der Waals surface area contributed by atoms with Crippen molar-refractivity contribution in [3.05, 3.63) is 53.9 Å². The van der Waals surface area contributed by atoms with E-state index in [4.69, 9.17) is 0 Å². The molecule has 1 aliphatic rings. The average Bonchev–Trinajstić information content (AvgIpc) is 2.82. The van der Waals surface area contributed by atoms with Crippen LogP contribution in [0.1, 0.15) is 24.2 Å². The summed E-state index contributed by atoms with van der Waals surface area (Å²) in [6, 6.07) is 11.3. The van der Waals surface area contributed by atoms with E-state index in [1.165, 1.54) is 0 Å². The van der Waals surface area contributed by atoms with Crippen LogP contribution in [0.4, 0.5) is 0 Å². The predicted octanol–water partition coefficient (Wildman–Crippen LogP) is 2.44. The fourth-order valence-electron chi connectivity index (χ4n) is 2.79. The predicted molar refractivity (Wildman–Crippen MR) is 72.2 cm³/mol. The Bertz CT molecular complexity index is 618. The van der Waals surface area contributed by atoms with Crippen LogP contribution in [-0.2, 0) is 11.3 Å². The van der Waals surface area contributed by atoms with Gasteiger partial charge in [0, 0.05) is 18.4 Å². The SMILES string of the molecule is CCN1Cc2ccccc2-n2cccc2C1C(=O)O. The summed E-state index contributed by atoms with van der Waals surface area (Å²) < 4.78 is 1.99. The molecule has 2 aromatic rings. The van der Waals surface area contributed by atoms with Gasteiger partial charge in [-0.2, -0.15) is 0 Å². The summed E-state index contributed by atoms with van der Waals surface area (Å²) in [5, 5.41) is 9.55. The second kappa shape index (κ2) is 4.55. The zero-order valence-electron chi connectivity index (χ0n) is 10.8. The summed E-state index contributed by atoms with van der Waals surface area (Å²) in [5.41, 5.74) is 3.05. The Hall–Kier alpha value is -2.07. The van der Waals surface area contributed by atoms with Gasteiger partial charge in [-0.15, -0.1) is 0 Å². The van der Waals surface area contributed by atoms with Gasteiger partial charge in [0.25, 0.3) is 0 Å². The van der Waals surface area contributed by atoms with E-state index < -0.39 is 12.0 Å². The fraction of sp³-hybridized carbons (Fsp3) is 0.267. The number of carboxylic acids is 1. The van der Waals surface area contributed by atoms with Gasteiger partial charge < -0.3 is 9.67 Å². The molecule has 0 bridgehead atoms. The van der Waals surface area contributed by atoms with E-state index in [9.17, 15) is 9.90 Å². The molecule has 19 heavy (non-hydrogen) atoms. The van der Waals surface area contributed by atoms with Gasteiger partial charge in [0.05, 0.1) is 5.69 Å². The summed E-state index contributed by atoms with van der Waals surface area (Å²) in [6.45, 7) is 3.36. The van der Waals surface area contributed by atoms with Crippen molar-refractivity contribution >= 4 is 5.97 Å². The van der Waals surface area contributed by atoms with E-state index in [-0.39, 0.29) is 0 Å². The number of carbonyl (C=O) groups is 1. The fourth-order valence-corrected chi connectivity index (χ4v) is 2.79. The number of nitrogens with zero attached hydrogens (tertiary/aromatic N) is 2. The van der Waals surface area contributed by atoms with Gasteiger partial charge in [0.2, 0.25) is 0 Å². The third-order valence-corrected chi connectivity index (χ3v) is 3.69. The number of hydrogen-bond acceptors (Lipinski definition) is 2. The number of aliphatic carboxylic acids is 1. The smallest absolute Gasteiger partial charge is 0.327 e. The molecule has 0 amide bonds. The first-order valence-corrected chi connectivity index (χ1v) is 6.44. The standard InChI is InChI=1S/C15H16N2O2/c1-2-16-10-11-6-3-4-7-12(11)17-9-5-8-13(17)14(16)15(18)19/h3-9,14H,2,10H2,1H3,(H,18,19). The van der Waals surface area contributed by atoms with Crippen LogP contribution in [0.25, 0.3) is 5.69 Å². The van der Waals surface area contributed by atoms with Crippen molar-refractivity contribution in [2.24, 2.45) is 0 Å². The van der Waals surface area contributed by atoms with Gasteiger partial charge in [-0.05, 0) is 30.3 Å². The van der Waals surface area contributed by atoms with Gasteiger partial charge in [-0.25, -0.2) is 0 Å². The third kappa shape index (κ3) is 1.85. The maximum atomic E-state index is 11.6. The maximum absolute atomic E-state index is 11.6. The Kier molecular flexibility index (Phi) is 2.87. The van der Waals surface area contributed by atoms with Crippen molar-refractivity contribution in [1.82, 2.24) is 9.47 Å². The van der Waals surface area contributed by atoms with Gasteiger partial charge in [-0.1, -0.05) is 25.1 Å². The van der Waals surface area contributed by atoms with Crippen molar-refractivity contribution in [3.63, 3.8) is 0 Å². The highest BCUT2D eigenvalue weighted by Gasteiger charge is 2.32. The molecular weight excluding hydrogens is 240 g/mol. The molecule has 3 rings (SSSR count). The van der Waals surface area contributed by atoms with E-state index in [0.717, 1.165) is 16.9 Å². The zero-order chi connectivity index (χ0) is 13.4. The molecule has 0 saturated carbocycles. The Morgan fingerprint density at radius 3 is 2.84 bits per heavy atom. The van der Waals surface area contributed by atoms with Gasteiger partial charge in [0.1, 0.15) is 6.04 Å². The van der Waals surface area contributed by atoms with Crippen molar-refractivity contribution < 1.29 is 9.90 Å². The molecule has 0 radical (unpaired) electrons. The highest BCUT2D eigenvalue weighted by Crippen LogP contribution is 2.31. The first-order valence-electron chi connectivity index (χ1n) is 6.44. The van der Waals surface area contributed by atoms with Crippen LogP contribution in [0.3, 0.4) is 0 Å². The molecule has 0 aliphatic carbocycles. The molecule has 1 aromatic carbocycles.